The lowest BCUT2D eigenvalue weighted by Gasteiger charge is -2.31. The molecule has 0 spiro atoms. The molecule has 0 bridgehead atoms. The van der Waals surface area contributed by atoms with Crippen molar-refractivity contribution in [1.29, 1.82) is 0 Å². The van der Waals surface area contributed by atoms with Crippen LogP contribution in [0.4, 0.5) is 0 Å². The molecule has 176 valence electrons. The van der Waals surface area contributed by atoms with Crippen LogP contribution in [0.2, 0.25) is 0 Å². The van der Waals surface area contributed by atoms with Gasteiger partial charge in [-0.05, 0) is 44.0 Å². The topological polar surface area (TPSA) is 82.1 Å². The number of hydrogen-bond acceptors (Lipinski definition) is 6. The summed E-state index contributed by atoms with van der Waals surface area (Å²) in [7, 11) is 1.57. The third-order valence-corrected chi connectivity index (χ3v) is 4.94. The molecule has 0 aliphatic heterocycles. The molecule has 0 aliphatic carbocycles. The van der Waals surface area contributed by atoms with Crippen molar-refractivity contribution in [2.75, 3.05) is 20.3 Å². The molecule has 0 aliphatic rings. The molecule has 2 aromatic carbocycles. The smallest absolute Gasteiger partial charge is 0.331 e. The molecule has 0 fully saturated rings. The second kappa shape index (κ2) is 13.1. The van der Waals surface area contributed by atoms with Gasteiger partial charge in [0.15, 0.2) is 0 Å². The highest BCUT2D eigenvalue weighted by atomic mass is 16.5. The highest BCUT2D eigenvalue weighted by molar-refractivity contribution is 6.00. The summed E-state index contributed by atoms with van der Waals surface area (Å²) in [5.74, 6) is -0.885. The number of carbonyl (C=O) groups is 3. The highest BCUT2D eigenvalue weighted by Crippen LogP contribution is 2.20. The Hall–Kier alpha value is -3.61. The fraction of sp³-hybridized carbons (Fsp3) is 0.346. The Morgan fingerprint density at radius 2 is 1.55 bits per heavy atom. The van der Waals surface area contributed by atoms with E-state index in [1.807, 2.05) is 42.5 Å². The van der Waals surface area contributed by atoms with Crippen molar-refractivity contribution in [3.05, 3.63) is 77.4 Å². The van der Waals surface area contributed by atoms with Gasteiger partial charge in [-0.3, -0.25) is 4.79 Å². The van der Waals surface area contributed by atoms with E-state index in [4.69, 9.17) is 14.2 Å². The van der Waals surface area contributed by atoms with Gasteiger partial charge in [0.1, 0.15) is 11.8 Å². The summed E-state index contributed by atoms with van der Waals surface area (Å²) in [6, 6.07) is 15.8. The van der Waals surface area contributed by atoms with E-state index in [9.17, 15) is 14.4 Å². The maximum Gasteiger partial charge on any atom is 0.331 e. The molecule has 1 atom stereocenters. The second-order valence-corrected chi connectivity index (χ2v) is 7.32. The Morgan fingerprint density at radius 1 is 0.909 bits per heavy atom. The molecule has 7 nitrogen and oxygen atoms in total. The quantitative estimate of drug-likeness (QED) is 0.381. The summed E-state index contributed by atoms with van der Waals surface area (Å²) in [6.45, 7) is 5.48. The van der Waals surface area contributed by atoms with Crippen LogP contribution in [0, 0.1) is 0 Å². The first-order valence-electron chi connectivity index (χ1n) is 10.9. The first-order chi connectivity index (χ1) is 15.9. The normalized spacial score (nSPS) is 11.9. The summed E-state index contributed by atoms with van der Waals surface area (Å²) < 4.78 is 15.5. The molecule has 0 N–H and O–H groups in total. The molecule has 0 unspecified atom stereocenters. The SMILES string of the molecule is CCOC(=O)/C=C(\C)C(=O)N(Cc1ccc(OC)cc1)[C@@H](Cc1ccccc1)C(=O)OCC. The predicted molar refractivity (Wildman–Crippen MR) is 125 cm³/mol. The predicted octanol–water partition coefficient (Wildman–Crippen LogP) is 3.71. The number of benzene rings is 2. The van der Waals surface area contributed by atoms with Crippen LogP contribution in [0.3, 0.4) is 0 Å². The number of nitrogens with zero attached hydrogens (tertiary/aromatic N) is 1. The summed E-state index contributed by atoms with van der Waals surface area (Å²) >= 11 is 0. The van der Waals surface area contributed by atoms with E-state index in [2.05, 4.69) is 0 Å². The van der Waals surface area contributed by atoms with Gasteiger partial charge in [-0.25, -0.2) is 9.59 Å². The third kappa shape index (κ3) is 7.79. The Bertz CT molecular complexity index is 953. The zero-order chi connectivity index (χ0) is 24.2. The minimum atomic E-state index is -0.882. The molecule has 0 saturated heterocycles. The molecule has 2 rings (SSSR count). The average molecular weight is 454 g/mol. The number of amides is 1. The van der Waals surface area contributed by atoms with Crippen LogP contribution in [0.15, 0.2) is 66.2 Å². The van der Waals surface area contributed by atoms with E-state index in [1.54, 1.807) is 33.1 Å². The van der Waals surface area contributed by atoms with Gasteiger partial charge in [0.05, 0.1) is 20.3 Å². The van der Waals surface area contributed by atoms with Gasteiger partial charge in [0.2, 0.25) is 0 Å². The van der Waals surface area contributed by atoms with E-state index >= 15 is 0 Å². The Labute approximate surface area is 194 Å². The van der Waals surface area contributed by atoms with E-state index in [0.717, 1.165) is 17.2 Å². The van der Waals surface area contributed by atoms with E-state index in [0.29, 0.717) is 5.75 Å². The molecule has 2 aromatic rings. The summed E-state index contributed by atoms with van der Waals surface area (Å²) in [4.78, 5) is 39.8. The number of rotatable bonds is 11. The van der Waals surface area contributed by atoms with Gasteiger partial charge in [0.25, 0.3) is 5.91 Å². The Morgan fingerprint density at radius 3 is 2.12 bits per heavy atom. The minimum Gasteiger partial charge on any atom is -0.497 e. The average Bonchev–Trinajstić information content (AvgIpc) is 2.82. The number of esters is 2. The zero-order valence-corrected chi connectivity index (χ0v) is 19.6. The fourth-order valence-electron chi connectivity index (χ4n) is 3.30. The molecule has 0 saturated carbocycles. The van der Waals surface area contributed by atoms with Crippen LogP contribution in [0.5, 0.6) is 5.75 Å². The first kappa shape index (κ1) is 25.6. The van der Waals surface area contributed by atoms with Crippen molar-refractivity contribution in [1.82, 2.24) is 4.90 Å². The van der Waals surface area contributed by atoms with Gasteiger partial charge < -0.3 is 19.1 Å². The van der Waals surface area contributed by atoms with Gasteiger partial charge in [-0.2, -0.15) is 0 Å². The summed E-state index contributed by atoms with van der Waals surface area (Å²) in [6.07, 6.45) is 1.42. The maximum absolute atomic E-state index is 13.5. The number of methoxy groups -OCH3 is 1. The van der Waals surface area contributed by atoms with Crippen LogP contribution in [-0.2, 0) is 36.8 Å². The maximum atomic E-state index is 13.5. The first-order valence-corrected chi connectivity index (χ1v) is 10.9. The summed E-state index contributed by atoms with van der Waals surface area (Å²) in [5, 5.41) is 0. The zero-order valence-electron chi connectivity index (χ0n) is 19.6. The molecular formula is C26H31NO6. The van der Waals surface area contributed by atoms with Crippen molar-refractivity contribution < 1.29 is 28.6 Å². The highest BCUT2D eigenvalue weighted by Gasteiger charge is 2.32. The third-order valence-electron chi connectivity index (χ3n) is 4.94. The largest absolute Gasteiger partial charge is 0.497 e. The van der Waals surface area contributed by atoms with Gasteiger partial charge in [0, 0.05) is 24.6 Å². The van der Waals surface area contributed by atoms with E-state index in [1.165, 1.54) is 11.8 Å². The molecule has 0 heterocycles. The second-order valence-electron chi connectivity index (χ2n) is 7.32. The van der Waals surface area contributed by atoms with Gasteiger partial charge in [-0.15, -0.1) is 0 Å². The van der Waals surface area contributed by atoms with Crippen molar-refractivity contribution in [3.8, 4) is 5.75 Å². The molecule has 0 radical (unpaired) electrons. The van der Waals surface area contributed by atoms with Crippen LogP contribution in [0.25, 0.3) is 0 Å². The van der Waals surface area contributed by atoms with Gasteiger partial charge >= 0.3 is 11.9 Å². The van der Waals surface area contributed by atoms with Crippen molar-refractivity contribution in [2.45, 2.75) is 39.8 Å². The van der Waals surface area contributed by atoms with Crippen molar-refractivity contribution >= 4 is 17.8 Å². The van der Waals surface area contributed by atoms with Gasteiger partial charge in [-0.1, -0.05) is 42.5 Å². The lowest BCUT2D eigenvalue weighted by Crippen LogP contribution is -2.47. The number of ether oxygens (including phenoxy) is 3. The number of carbonyl (C=O) groups excluding carboxylic acids is 3. The van der Waals surface area contributed by atoms with Crippen molar-refractivity contribution in [2.24, 2.45) is 0 Å². The Balaban J connectivity index is 2.45. The lowest BCUT2D eigenvalue weighted by atomic mass is 10.0. The standard InChI is InChI=1S/C26H31NO6/c1-5-32-24(28)16-19(3)25(29)27(18-21-12-14-22(31-4)15-13-21)23(26(30)33-6-2)17-20-10-8-7-9-11-20/h7-16,23H,5-6,17-18H2,1-4H3/b19-16+/t23-/m0/s1. The molecule has 33 heavy (non-hydrogen) atoms. The molecule has 1 amide bonds. The van der Waals surface area contributed by atoms with Crippen LogP contribution < -0.4 is 4.74 Å². The lowest BCUT2D eigenvalue weighted by molar-refractivity contribution is -0.154. The van der Waals surface area contributed by atoms with Crippen LogP contribution >= 0.6 is 0 Å². The van der Waals surface area contributed by atoms with Crippen LogP contribution in [-0.4, -0.2) is 49.1 Å². The van der Waals surface area contributed by atoms with E-state index in [-0.39, 0.29) is 31.8 Å². The molecule has 7 heteroatoms. The van der Waals surface area contributed by atoms with Crippen LogP contribution in [0.1, 0.15) is 31.9 Å². The molecular weight excluding hydrogens is 422 g/mol. The summed E-state index contributed by atoms with van der Waals surface area (Å²) in [5.41, 5.74) is 1.86. The Kier molecular flexibility index (Phi) is 10.1. The van der Waals surface area contributed by atoms with E-state index < -0.39 is 23.9 Å². The van der Waals surface area contributed by atoms with Crippen molar-refractivity contribution in [3.63, 3.8) is 0 Å². The molecule has 0 aromatic heterocycles. The monoisotopic (exact) mass is 453 g/mol. The minimum absolute atomic E-state index is 0.146. The fourth-order valence-corrected chi connectivity index (χ4v) is 3.30. The number of hydrogen-bond donors (Lipinski definition) is 0.